The van der Waals surface area contributed by atoms with Gasteiger partial charge in [-0.15, -0.1) is 0 Å². The van der Waals surface area contributed by atoms with Gasteiger partial charge in [0.2, 0.25) is 0 Å². The number of pyridine rings is 1. The van der Waals surface area contributed by atoms with Crippen molar-refractivity contribution in [3.8, 4) is 0 Å². The lowest BCUT2D eigenvalue weighted by Crippen LogP contribution is -2.53. The average molecular weight is 333 g/mol. The van der Waals surface area contributed by atoms with Crippen LogP contribution < -0.4 is 5.32 Å². The number of urea groups is 1. The number of hydrogen-bond acceptors (Lipinski definition) is 5. The predicted molar refractivity (Wildman–Crippen MR) is 91.7 cm³/mol. The van der Waals surface area contributed by atoms with Crippen LogP contribution in [0.15, 0.2) is 24.4 Å². The first kappa shape index (κ1) is 17.1. The molecule has 2 amide bonds. The topological polar surface area (TPSA) is 60.9 Å². The van der Waals surface area contributed by atoms with Crippen LogP contribution in [0.4, 0.5) is 4.79 Å². The maximum atomic E-state index is 12.2. The third kappa shape index (κ3) is 5.15. The van der Waals surface area contributed by atoms with Crippen molar-refractivity contribution in [2.45, 2.75) is 6.54 Å². The molecule has 0 spiro atoms. The molecule has 0 unspecified atom stereocenters. The number of aromatic nitrogens is 1. The molecule has 7 nitrogen and oxygen atoms in total. The first-order chi connectivity index (χ1) is 11.8. The zero-order chi connectivity index (χ0) is 16.6. The number of carbonyl (C=O) groups is 1. The second kappa shape index (κ2) is 8.96. The largest absolute Gasteiger partial charge is 0.379 e. The molecule has 132 valence electrons. The fraction of sp³-hybridized carbons (Fsp3) is 0.647. The van der Waals surface area contributed by atoms with Crippen LogP contribution in [0.2, 0.25) is 0 Å². The van der Waals surface area contributed by atoms with Gasteiger partial charge in [0.05, 0.1) is 25.5 Å². The highest BCUT2D eigenvalue weighted by atomic mass is 16.5. The molecule has 2 aliphatic rings. The van der Waals surface area contributed by atoms with Crippen molar-refractivity contribution in [2.24, 2.45) is 0 Å². The molecule has 1 aromatic rings. The lowest BCUT2D eigenvalue weighted by atomic mass is 10.3. The zero-order valence-electron chi connectivity index (χ0n) is 14.2. The van der Waals surface area contributed by atoms with Crippen LogP contribution in [0.1, 0.15) is 5.69 Å². The number of carbonyl (C=O) groups excluding carboxylic acids is 1. The van der Waals surface area contributed by atoms with E-state index in [0.29, 0.717) is 6.54 Å². The molecule has 1 aromatic heterocycles. The molecule has 2 saturated heterocycles. The summed E-state index contributed by atoms with van der Waals surface area (Å²) in [7, 11) is 0. The molecule has 3 rings (SSSR count). The number of ether oxygens (including phenoxy) is 1. The van der Waals surface area contributed by atoms with Crippen molar-refractivity contribution in [1.29, 1.82) is 0 Å². The monoisotopic (exact) mass is 333 g/mol. The Hall–Kier alpha value is -1.70. The van der Waals surface area contributed by atoms with Crippen molar-refractivity contribution in [2.75, 3.05) is 65.6 Å². The minimum absolute atomic E-state index is 0.00785. The van der Waals surface area contributed by atoms with Crippen molar-refractivity contribution in [1.82, 2.24) is 25.0 Å². The third-order valence-corrected chi connectivity index (χ3v) is 4.64. The van der Waals surface area contributed by atoms with Crippen LogP contribution in [-0.2, 0) is 11.3 Å². The smallest absolute Gasteiger partial charge is 0.317 e. The van der Waals surface area contributed by atoms with Crippen LogP contribution in [-0.4, -0.2) is 91.3 Å². The van der Waals surface area contributed by atoms with Gasteiger partial charge in [-0.3, -0.25) is 14.8 Å². The van der Waals surface area contributed by atoms with Gasteiger partial charge in [0.25, 0.3) is 0 Å². The van der Waals surface area contributed by atoms with E-state index in [-0.39, 0.29) is 6.03 Å². The summed E-state index contributed by atoms with van der Waals surface area (Å²) < 4.78 is 5.38. The Kier molecular flexibility index (Phi) is 6.40. The Morgan fingerprint density at radius 1 is 1.04 bits per heavy atom. The molecule has 0 atom stereocenters. The molecular formula is C17H27N5O2. The van der Waals surface area contributed by atoms with Crippen molar-refractivity contribution >= 4 is 6.03 Å². The van der Waals surface area contributed by atoms with E-state index in [0.717, 1.165) is 71.3 Å². The van der Waals surface area contributed by atoms with E-state index in [2.05, 4.69) is 20.1 Å². The van der Waals surface area contributed by atoms with E-state index in [1.165, 1.54) is 0 Å². The van der Waals surface area contributed by atoms with Gasteiger partial charge < -0.3 is 15.0 Å². The van der Waals surface area contributed by atoms with Crippen molar-refractivity contribution < 1.29 is 9.53 Å². The Bertz CT molecular complexity index is 499. The number of morpholine rings is 1. The van der Waals surface area contributed by atoms with Gasteiger partial charge in [0, 0.05) is 58.6 Å². The van der Waals surface area contributed by atoms with E-state index < -0.39 is 0 Å². The molecule has 2 aliphatic heterocycles. The van der Waals surface area contributed by atoms with Crippen LogP contribution in [0.25, 0.3) is 0 Å². The van der Waals surface area contributed by atoms with Crippen molar-refractivity contribution in [3.05, 3.63) is 30.1 Å². The number of piperazine rings is 1. The van der Waals surface area contributed by atoms with Crippen LogP contribution in [0.5, 0.6) is 0 Å². The molecule has 2 fully saturated rings. The summed E-state index contributed by atoms with van der Waals surface area (Å²) >= 11 is 0. The molecule has 24 heavy (non-hydrogen) atoms. The lowest BCUT2D eigenvalue weighted by molar-refractivity contribution is 0.0309. The summed E-state index contributed by atoms with van der Waals surface area (Å²) in [4.78, 5) is 23.2. The van der Waals surface area contributed by atoms with Crippen LogP contribution in [0.3, 0.4) is 0 Å². The van der Waals surface area contributed by atoms with Gasteiger partial charge in [-0.1, -0.05) is 6.07 Å². The molecule has 1 N–H and O–H groups in total. The number of nitrogens with zero attached hydrogens (tertiary/aromatic N) is 4. The highest BCUT2D eigenvalue weighted by molar-refractivity contribution is 5.74. The second-order valence-electron chi connectivity index (χ2n) is 6.26. The highest BCUT2D eigenvalue weighted by Gasteiger charge is 2.21. The van der Waals surface area contributed by atoms with Gasteiger partial charge in [0.1, 0.15) is 0 Å². The molecule has 0 radical (unpaired) electrons. The number of amides is 2. The molecular weight excluding hydrogens is 306 g/mol. The lowest BCUT2D eigenvalue weighted by Gasteiger charge is -2.36. The number of rotatable bonds is 5. The third-order valence-electron chi connectivity index (χ3n) is 4.64. The van der Waals surface area contributed by atoms with Gasteiger partial charge in [-0.25, -0.2) is 4.79 Å². The molecule has 0 bridgehead atoms. The van der Waals surface area contributed by atoms with E-state index >= 15 is 0 Å². The van der Waals surface area contributed by atoms with E-state index in [1.54, 1.807) is 6.20 Å². The summed E-state index contributed by atoms with van der Waals surface area (Å²) in [5, 5.41) is 2.95. The molecule has 0 aromatic carbocycles. The summed E-state index contributed by atoms with van der Waals surface area (Å²) in [5.41, 5.74) is 0.884. The van der Waals surface area contributed by atoms with Gasteiger partial charge in [-0.2, -0.15) is 0 Å². The van der Waals surface area contributed by atoms with E-state index in [9.17, 15) is 4.79 Å². The van der Waals surface area contributed by atoms with Gasteiger partial charge in [0.15, 0.2) is 0 Å². The Morgan fingerprint density at radius 3 is 2.42 bits per heavy atom. The van der Waals surface area contributed by atoms with E-state index in [4.69, 9.17) is 4.74 Å². The molecule has 7 heteroatoms. The minimum atomic E-state index is 0.00785. The standard InChI is InChI=1S/C17H27N5O2/c23-17(19-15-16-3-1-2-4-18-16)22-9-7-20(8-10-22)5-6-21-11-13-24-14-12-21/h1-4H,5-15H2,(H,19,23). The molecule has 0 saturated carbocycles. The first-order valence-corrected chi connectivity index (χ1v) is 8.76. The first-order valence-electron chi connectivity index (χ1n) is 8.76. The highest BCUT2D eigenvalue weighted by Crippen LogP contribution is 2.04. The number of nitrogens with one attached hydrogen (secondary N) is 1. The van der Waals surface area contributed by atoms with Gasteiger partial charge >= 0.3 is 6.03 Å². The maximum absolute atomic E-state index is 12.2. The van der Waals surface area contributed by atoms with Crippen molar-refractivity contribution in [3.63, 3.8) is 0 Å². The minimum Gasteiger partial charge on any atom is -0.379 e. The molecule has 0 aliphatic carbocycles. The Morgan fingerprint density at radius 2 is 1.75 bits per heavy atom. The summed E-state index contributed by atoms with van der Waals surface area (Å²) in [6.45, 7) is 9.90. The predicted octanol–water partition coefficient (Wildman–Crippen LogP) is 0.241. The summed E-state index contributed by atoms with van der Waals surface area (Å²) in [6, 6.07) is 5.74. The Labute approximate surface area is 143 Å². The Balaban J connectivity index is 1.33. The summed E-state index contributed by atoms with van der Waals surface area (Å²) in [5.74, 6) is 0. The zero-order valence-corrected chi connectivity index (χ0v) is 14.2. The maximum Gasteiger partial charge on any atom is 0.317 e. The summed E-state index contributed by atoms with van der Waals surface area (Å²) in [6.07, 6.45) is 1.74. The quantitative estimate of drug-likeness (QED) is 0.836. The van der Waals surface area contributed by atoms with E-state index in [1.807, 2.05) is 23.1 Å². The van der Waals surface area contributed by atoms with Crippen LogP contribution in [0, 0.1) is 0 Å². The number of hydrogen-bond donors (Lipinski definition) is 1. The average Bonchev–Trinajstić information content (AvgIpc) is 2.66. The molecule has 3 heterocycles. The van der Waals surface area contributed by atoms with Gasteiger partial charge in [-0.05, 0) is 12.1 Å². The van der Waals surface area contributed by atoms with Crippen LogP contribution >= 0.6 is 0 Å². The SMILES string of the molecule is O=C(NCc1ccccn1)N1CCN(CCN2CCOCC2)CC1. The fourth-order valence-electron chi connectivity index (χ4n) is 3.06. The fourth-order valence-corrected chi connectivity index (χ4v) is 3.06. The normalized spacial score (nSPS) is 20.1. The second-order valence-corrected chi connectivity index (χ2v) is 6.26.